The van der Waals surface area contributed by atoms with Gasteiger partial charge in [-0.25, -0.2) is 0 Å². The van der Waals surface area contributed by atoms with Crippen molar-refractivity contribution in [1.82, 2.24) is 0 Å². The van der Waals surface area contributed by atoms with Gasteiger partial charge in [0, 0.05) is 12.8 Å². The molecule has 0 aromatic heterocycles. The van der Waals surface area contributed by atoms with Crippen LogP contribution >= 0.6 is 11.6 Å². The average molecular weight is 637 g/mol. The zero-order valence-electron chi connectivity index (χ0n) is 28.9. The normalized spacial score (nSPS) is 12.5. The molecule has 0 rings (SSSR count). The van der Waals surface area contributed by atoms with E-state index in [4.69, 9.17) is 21.1 Å². The third-order valence-electron chi connectivity index (χ3n) is 7.87. The second-order valence-electron chi connectivity index (χ2n) is 12.3. The number of hydrogen-bond acceptors (Lipinski definition) is 4. The fourth-order valence-corrected chi connectivity index (χ4v) is 5.19. The second-order valence-corrected chi connectivity index (χ2v) is 12.6. The smallest absolute Gasteiger partial charge is 0.306 e. The van der Waals surface area contributed by atoms with Crippen molar-refractivity contribution in [2.75, 3.05) is 12.5 Å². The summed E-state index contributed by atoms with van der Waals surface area (Å²) in [5.74, 6) is -0.355. The van der Waals surface area contributed by atoms with Crippen molar-refractivity contribution in [3.63, 3.8) is 0 Å². The fraction of sp³-hybridized carbons (Fsp3) is 0.795. The van der Waals surface area contributed by atoms with Gasteiger partial charge in [-0.2, -0.15) is 0 Å². The zero-order valence-corrected chi connectivity index (χ0v) is 29.6. The molecular weight excluding hydrogens is 568 g/mol. The third kappa shape index (κ3) is 33.3. The molecule has 0 amide bonds. The summed E-state index contributed by atoms with van der Waals surface area (Å²) in [6.07, 6.45) is 42.6. The van der Waals surface area contributed by atoms with E-state index in [1.165, 1.54) is 96.3 Å². The van der Waals surface area contributed by atoms with E-state index >= 15 is 0 Å². The molecule has 0 saturated heterocycles. The minimum atomic E-state index is -0.569. The Hall–Kier alpha value is -1.55. The van der Waals surface area contributed by atoms with Crippen molar-refractivity contribution in [2.45, 2.75) is 187 Å². The van der Waals surface area contributed by atoms with E-state index in [9.17, 15) is 9.59 Å². The van der Waals surface area contributed by atoms with Gasteiger partial charge < -0.3 is 9.47 Å². The van der Waals surface area contributed by atoms with E-state index in [-0.39, 0.29) is 24.4 Å². The highest BCUT2D eigenvalue weighted by molar-refractivity contribution is 6.18. The molecule has 0 radical (unpaired) electrons. The van der Waals surface area contributed by atoms with Gasteiger partial charge in [0.1, 0.15) is 12.7 Å². The number of esters is 2. The van der Waals surface area contributed by atoms with Crippen LogP contribution in [0.25, 0.3) is 0 Å². The first-order chi connectivity index (χ1) is 21.6. The van der Waals surface area contributed by atoms with Gasteiger partial charge in [0.15, 0.2) is 0 Å². The largest absolute Gasteiger partial charge is 0.462 e. The van der Waals surface area contributed by atoms with Crippen LogP contribution in [-0.2, 0) is 19.1 Å². The molecule has 0 heterocycles. The number of carbonyl (C=O) groups is 2. The molecule has 5 heteroatoms. The molecule has 44 heavy (non-hydrogen) atoms. The summed E-state index contributed by atoms with van der Waals surface area (Å²) in [5.41, 5.74) is 0. The first kappa shape index (κ1) is 42.5. The SMILES string of the molecule is CCCCC/C=C\C/C=C\CCCCCCCC(=O)OC[C@@H](CCl)OC(=O)CCCCCCC/C=C\CCCCCCCC. The Morgan fingerprint density at radius 2 is 0.909 bits per heavy atom. The van der Waals surface area contributed by atoms with Crippen LogP contribution in [0.4, 0.5) is 0 Å². The van der Waals surface area contributed by atoms with Gasteiger partial charge in [0.05, 0.1) is 5.88 Å². The Morgan fingerprint density at radius 1 is 0.523 bits per heavy atom. The summed E-state index contributed by atoms with van der Waals surface area (Å²) in [6.45, 7) is 4.54. The van der Waals surface area contributed by atoms with Crippen LogP contribution in [-0.4, -0.2) is 30.5 Å². The van der Waals surface area contributed by atoms with Gasteiger partial charge in [-0.1, -0.05) is 134 Å². The molecule has 0 aromatic carbocycles. The summed E-state index contributed by atoms with van der Waals surface area (Å²) in [6, 6.07) is 0. The van der Waals surface area contributed by atoms with Gasteiger partial charge in [-0.3, -0.25) is 9.59 Å². The number of ether oxygens (including phenoxy) is 2. The van der Waals surface area contributed by atoms with Gasteiger partial charge in [0.25, 0.3) is 0 Å². The molecule has 0 saturated carbocycles. The van der Waals surface area contributed by atoms with E-state index in [0.29, 0.717) is 12.8 Å². The lowest BCUT2D eigenvalue weighted by Crippen LogP contribution is -2.26. The van der Waals surface area contributed by atoms with Gasteiger partial charge >= 0.3 is 11.9 Å². The molecule has 0 aliphatic rings. The van der Waals surface area contributed by atoms with Crippen LogP contribution in [0.1, 0.15) is 181 Å². The molecule has 0 aliphatic carbocycles. The lowest BCUT2D eigenvalue weighted by atomic mass is 10.1. The maximum Gasteiger partial charge on any atom is 0.306 e. The average Bonchev–Trinajstić information content (AvgIpc) is 3.02. The number of hydrogen-bond donors (Lipinski definition) is 0. The van der Waals surface area contributed by atoms with Crippen molar-refractivity contribution in [2.24, 2.45) is 0 Å². The van der Waals surface area contributed by atoms with E-state index in [1.807, 2.05) is 0 Å². The molecule has 0 bridgehead atoms. The number of alkyl halides is 1. The zero-order chi connectivity index (χ0) is 32.2. The Labute approximate surface area is 277 Å². The Kier molecular flexibility index (Phi) is 34.7. The van der Waals surface area contributed by atoms with Crippen LogP contribution in [0.15, 0.2) is 36.5 Å². The van der Waals surface area contributed by atoms with Crippen LogP contribution in [0.3, 0.4) is 0 Å². The predicted octanol–water partition coefficient (Wildman–Crippen LogP) is 12.5. The molecule has 0 aliphatic heterocycles. The molecule has 1 atom stereocenters. The number of rotatable bonds is 33. The van der Waals surface area contributed by atoms with Crippen LogP contribution in [0, 0.1) is 0 Å². The number of unbranched alkanes of at least 4 members (excludes halogenated alkanes) is 19. The Bertz CT molecular complexity index is 715. The Balaban J connectivity index is 3.61. The highest BCUT2D eigenvalue weighted by Gasteiger charge is 2.16. The van der Waals surface area contributed by atoms with Crippen molar-refractivity contribution < 1.29 is 19.1 Å². The predicted molar refractivity (Wildman–Crippen MR) is 190 cm³/mol. The van der Waals surface area contributed by atoms with Gasteiger partial charge in [-0.15, -0.1) is 11.6 Å². The molecule has 0 unspecified atom stereocenters. The standard InChI is InChI=1S/C39H69ClO4/c1-3-5-7-9-11-13-15-17-19-21-23-25-27-29-31-33-38(41)43-36-37(35-40)44-39(42)34-32-30-28-26-24-22-20-18-16-14-12-10-8-6-4-2/h11,13,17-20,37H,3-10,12,14-16,21-36H2,1-2H3/b13-11-,19-17-,20-18-/t37-/m1/s1. The summed E-state index contributed by atoms with van der Waals surface area (Å²) in [5, 5.41) is 0. The highest BCUT2D eigenvalue weighted by atomic mass is 35.5. The van der Waals surface area contributed by atoms with E-state index in [0.717, 1.165) is 57.8 Å². The molecule has 0 aromatic rings. The van der Waals surface area contributed by atoms with Crippen LogP contribution in [0.2, 0.25) is 0 Å². The summed E-state index contributed by atoms with van der Waals surface area (Å²) < 4.78 is 10.8. The second kappa shape index (κ2) is 35.9. The van der Waals surface area contributed by atoms with E-state index in [2.05, 4.69) is 50.3 Å². The first-order valence-electron chi connectivity index (χ1n) is 18.5. The van der Waals surface area contributed by atoms with Gasteiger partial charge in [-0.05, 0) is 70.6 Å². The van der Waals surface area contributed by atoms with Gasteiger partial charge in [0.2, 0.25) is 0 Å². The number of carbonyl (C=O) groups excluding carboxylic acids is 2. The van der Waals surface area contributed by atoms with Crippen molar-refractivity contribution >= 4 is 23.5 Å². The molecule has 0 N–H and O–H groups in total. The summed E-state index contributed by atoms with van der Waals surface area (Å²) in [7, 11) is 0. The summed E-state index contributed by atoms with van der Waals surface area (Å²) in [4.78, 5) is 24.3. The van der Waals surface area contributed by atoms with Crippen molar-refractivity contribution in [3.05, 3.63) is 36.5 Å². The van der Waals surface area contributed by atoms with Crippen LogP contribution in [0.5, 0.6) is 0 Å². The monoisotopic (exact) mass is 636 g/mol. The molecular formula is C39H69ClO4. The molecule has 4 nitrogen and oxygen atoms in total. The fourth-order valence-electron chi connectivity index (χ4n) is 5.03. The maximum atomic E-state index is 12.2. The topological polar surface area (TPSA) is 52.6 Å². The third-order valence-corrected chi connectivity index (χ3v) is 8.22. The quantitative estimate of drug-likeness (QED) is 0.0311. The lowest BCUT2D eigenvalue weighted by Gasteiger charge is -2.15. The minimum absolute atomic E-state index is 0.0424. The molecule has 256 valence electrons. The van der Waals surface area contributed by atoms with Crippen LogP contribution < -0.4 is 0 Å². The molecule has 0 fully saturated rings. The highest BCUT2D eigenvalue weighted by Crippen LogP contribution is 2.12. The molecule has 0 spiro atoms. The summed E-state index contributed by atoms with van der Waals surface area (Å²) >= 11 is 5.96. The number of allylic oxidation sites excluding steroid dienone is 6. The minimum Gasteiger partial charge on any atom is -0.462 e. The first-order valence-corrected chi connectivity index (χ1v) is 19.0. The number of halogens is 1. The lowest BCUT2D eigenvalue weighted by molar-refractivity contribution is -0.157. The van der Waals surface area contributed by atoms with Crippen molar-refractivity contribution in [1.29, 1.82) is 0 Å². The van der Waals surface area contributed by atoms with E-state index < -0.39 is 6.10 Å². The Morgan fingerprint density at radius 3 is 1.41 bits per heavy atom. The van der Waals surface area contributed by atoms with Crippen molar-refractivity contribution in [3.8, 4) is 0 Å². The maximum absolute atomic E-state index is 12.2. The van der Waals surface area contributed by atoms with E-state index in [1.54, 1.807) is 0 Å².